The van der Waals surface area contributed by atoms with Crippen LogP contribution in [0.25, 0.3) is 0 Å². The molecule has 1 atom stereocenters. The van der Waals surface area contributed by atoms with Gasteiger partial charge in [0.15, 0.2) is 11.8 Å². The zero-order chi connectivity index (χ0) is 16.5. The molecule has 1 unspecified atom stereocenters. The Hall–Kier alpha value is -1.63. The van der Waals surface area contributed by atoms with Crippen molar-refractivity contribution in [2.24, 2.45) is 12.0 Å². The Balaban J connectivity index is 1.80. The second-order valence-electron chi connectivity index (χ2n) is 6.07. The van der Waals surface area contributed by atoms with Crippen molar-refractivity contribution in [2.45, 2.75) is 52.1 Å². The van der Waals surface area contributed by atoms with Crippen LogP contribution in [0.2, 0.25) is 0 Å². The lowest BCUT2D eigenvalue weighted by molar-refractivity contribution is 0.147. The van der Waals surface area contributed by atoms with E-state index in [0.717, 1.165) is 37.5 Å². The second kappa shape index (κ2) is 9.50. The predicted molar refractivity (Wildman–Crippen MR) is 93.3 cm³/mol. The number of piperidine rings is 1. The van der Waals surface area contributed by atoms with Gasteiger partial charge in [0.1, 0.15) is 12.9 Å². The van der Waals surface area contributed by atoms with Gasteiger partial charge in [-0.1, -0.05) is 13.3 Å². The number of nitrogens with zero attached hydrogens (tertiary/aromatic N) is 5. The average molecular weight is 321 g/mol. The maximum atomic E-state index is 4.59. The highest BCUT2D eigenvalue weighted by molar-refractivity contribution is 5.79. The van der Waals surface area contributed by atoms with Crippen molar-refractivity contribution in [1.82, 2.24) is 30.3 Å². The molecular formula is C16H31N7. The Morgan fingerprint density at radius 1 is 1.35 bits per heavy atom. The van der Waals surface area contributed by atoms with Crippen molar-refractivity contribution in [2.75, 3.05) is 26.2 Å². The molecule has 0 aromatic carbocycles. The van der Waals surface area contributed by atoms with Gasteiger partial charge in [-0.3, -0.25) is 4.90 Å². The van der Waals surface area contributed by atoms with E-state index in [-0.39, 0.29) is 0 Å². The molecule has 0 aliphatic carbocycles. The molecule has 1 aliphatic heterocycles. The fraction of sp³-hybridized carbons (Fsp3) is 0.812. The molecule has 7 nitrogen and oxygen atoms in total. The number of likely N-dealkylation sites (tertiary alicyclic amines) is 1. The predicted octanol–water partition coefficient (Wildman–Crippen LogP) is 1.13. The van der Waals surface area contributed by atoms with E-state index in [4.69, 9.17) is 0 Å². The summed E-state index contributed by atoms with van der Waals surface area (Å²) >= 11 is 0. The third-order valence-corrected chi connectivity index (χ3v) is 4.44. The van der Waals surface area contributed by atoms with Crippen LogP contribution in [0.5, 0.6) is 0 Å². The summed E-state index contributed by atoms with van der Waals surface area (Å²) in [5.74, 6) is 1.71. The van der Waals surface area contributed by atoms with E-state index in [1.807, 2.05) is 11.6 Å². The number of hydrogen-bond donors (Lipinski definition) is 2. The van der Waals surface area contributed by atoms with Gasteiger partial charge in [0.2, 0.25) is 0 Å². The Morgan fingerprint density at radius 3 is 2.91 bits per heavy atom. The number of aliphatic imine (C=N–C) groups is 1. The van der Waals surface area contributed by atoms with E-state index in [2.05, 4.69) is 44.6 Å². The van der Waals surface area contributed by atoms with Gasteiger partial charge in [0.25, 0.3) is 0 Å². The normalized spacial score (nSPS) is 19.8. The third kappa shape index (κ3) is 5.49. The highest BCUT2D eigenvalue weighted by atomic mass is 15.3. The molecule has 2 N–H and O–H groups in total. The molecule has 1 aromatic rings. The largest absolute Gasteiger partial charge is 0.357 e. The molecule has 1 aromatic heterocycles. The van der Waals surface area contributed by atoms with Gasteiger partial charge in [-0.25, -0.2) is 4.99 Å². The topological polar surface area (TPSA) is 70.4 Å². The van der Waals surface area contributed by atoms with Gasteiger partial charge in [0.05, 0.1) is 0 Å². The second-order valence-corrected chi connectivity index (χ2v) is 6.07. The summed E-state index contributed by atoms with van der Waals surface area (Å²) in [6.07, 6.45) is 7.00. The van der Waals surface area contributed by atoms with Crippen molar-refractivity contribution < 1.29 is 0 Å². The van der Waals surface area contributed by atoms with Crippen molar-refractivity contribution in [3.05, 3.63) is 12.2 Å². The maximum absolute atomic E-state index is 4.59. The number of aryl methyl sites for hydroxylation is 1. The van der Waals surface area contributed by atoms with Crippen LogP contribution in [-0.4, -0.2) is 57.8 Å². The lowest BCUT2D eigenvalue weighted by atomic mass is 10.0. The summed E-state index contributed by atoms with van der Waals surface area (Å²) in [6.45, 7) is 8.99. The van der Waals surface area contributed by atoms with E-state index in [0.29, 0.717) is 6.54 Å². The summed E-state index contributed by atoms with van der Waals surface area (Å²) < 4.78 is 1.90. The van der Waals surface area contributed by atoms with Crippen molar-refractivity contribution in [3.63, 3.8) is 0 Å². The van der Waals surface area contributed by atoms with Crippen LogP contribution in [0.4, 0.5) is 0 Å². The summed E-state index contributed by atoms with van der Waals surface area (Å²) in [5.41, 5.74) is 0. The van der Waals surface area contributed by atoms with Crippen molar-refractivity contribution in [1.29, 1.82) is 0 Å². The summed E-state index contributed by atoms with van der Waals surface area (Å²) in [4.78, 5) is 7.20. The first-order chi connectivity index (χ1) is 11.2. The molecule has 1 fully saturated rings. The number of hydrogen-bond acceptors (Lipinski definition) is 4. The smallest absolute Gasteiger partial charge is 0.191 e. The Bertz CT molecular complexity index is 483. The number of aromatic nitrogens is 3. The molecule has 2 rings (SSSR count). The standard InChI is InChI=1S/C16H31N7/c1-4-14-8-6-7-10-23(14)11-9-18-16(17-5-2)19-12-15-21-20-13-22(15)3/h13-14H,4-12H2,1-3H3,(H2,17,18,19). The summed E-state index contributed by atoms with van der Waals surface area (Å²) in [6, 6.07) is 0.753. The van der Waals surface area contributed by atoms with Crippen LogP contribution >= 0.6 is 0 Å². The molecule has 130 valence electrons. The molecule has 0 bridgehead atoms. The number of nitrogens with one attached hydrogen (secondary N) is 2. The van der Waals surface area contributed by atoms with Gasteiger partial charge in [-0.15, -0.1) is 10.2 Å². The zero-order valence-corrected chi connectivity index (χ0v) is 14.8. The Kier molecular flexibility index (Phi) is 7.32. The molecule has 7 heteroatoms. The number of rotatable bonds is 7. The summed E-state index contributed by atoms with van der Waals surface area (Å²) in [5, 5.41) is 14.7. The molecule has 1 saturated heterocycles. The third-order valence-electron chi connectivity index (χ3n) is 4.44. The Morgan fingerprint density at radius 2 is 2.22 bits per heavy atom. The quantitative estimate of drug-likeness (QED) is 0.582. The van der Waals surface area contributed by atoms with Gasteiger partial charge in [-0.2, -0.15) is 0 Å². The SMILES string of the molecule is CCNC(=NCc1nncn1C)NCCN1CCCCC1CC. The van der Waals surface area contributed by atoms with Gasteiger partial charge >= 0.3 is 0 Å². The Labute approximate surface area is 139 Å². The van der Waals surface area contributed by atoms with Crippen LogP contribution in [0.15, 0.2) is 11.3 Å². The average Bonchev–Trinajstić information content (AvgIpc) is 2.98. The minimum atomic E-state index is 0.535. The fourth-order valence-electron chi connectivity index (χ4n) is 3.08. The van der Waals surface area contributed by atoms with E-state index < -0.39 is 0 Å². The van der Waals surface area contributed by atoms with E-state index in [9.17, 15) is 0 Å². The minimum Gasteiger partial charge on any atom is -0.357 e. The molecule has 0 spiro atoms. The van der Waals surface area contributed by atoms with Crippen molar-refractivity contribution >= 4 is 5.96 Å². The van der Waals surface area contributed by atoms with Crippen molar-refractivity contribution in [3.8, 4) is 0 Å². The molecule has 1 aliphatic rings. The minimum absolute atomic E-state index is 0.535. The molecule has 0 radical (unpaired) electrons. The lowest BCUT2D eigenvalue weighted by Crippen LogP contribution is -2.45. The molecule has 23 heavy (non-hydrogen) atoms. The first kappa shape index (κ1) is 17.7. The van der Waals surface area contributed by atoms with E-state index >= 15 is 0 Å². The first-order valence-electron chi connectivity index (χ1n) is 8.83. The van der Waals surface area contributed by atoms with Crippen LogP contribution in [-0.2, 0) is 13.6 Å². The molecule has 2 heterocycles. The monoisotopic (exact) mass is 321 g/mol. The number of guanidine groups is 1. The molecule has 0 amide bonds. The zero-order valence-electron chi connectivity index (χ0n) is 14.8. The molecule has 0 saturated carbocycles. The fourth-order valence-corrected chi connectivity index (χ4v) is 3.08. The van der Waals surface area contributed by atoms with Crippen LogP contribution in [0, 0.1) is 0 Å². The lowest BCUT2D eigenvalue weighted by Gasteiger charge is -2.35. The maximum Gasteiger partial charge on any atom is 0.191 e. The van der Waals surface area contributed by atoms with E-state index in [1.54, 1.807) is 6.33 Å². The van der Waals surface area contributed by atoms with Gasteiger partial charge in [-0.05, 0) is 32.7 Å². The first-order valence-corrected chi connectivity index (χ1v) is 8.83. The van der Waals surface area contributed by atoms with Crippen LogP contribution in [0.3, 0.4) is 0 Å². The highest BCUT2D eigenvalue weighted by Gasteiger charge is 2.19. The van der Waals surface area contributed by atoms with Gasteiger partial charge < -0.3 is 15.2 Å². The highest BCUT2D eigenvalue weighted by Crippen LogP contribution is 2.18. The van der Waals surface area contributed by atoms with E-state index in [1.165, 1.54) is 32.2 Å². The van der Waals surface area contributed by atoms with Gasteiger partial charge in [0, 0.05) is 32.7 Å². The van der Waals surface area contributed by atoms with Crippen LogP contribution < -0.4 is 10.6 Å². The van der Waals surface area contributed by atoms with Crippen LogP contribution in [0.1, 0.15) is 45.4 Å². The summed E-state index contributed by atoms with van der Waals surface area (Å²) in [7, 11) is 1.94. The molecular weight excluding hydrogens is 290 g/mol.